The molecule has 0 aliphatic heterocycles. The lowest BCUT2D eigenvalue weighted by Crippen LogP contribution is -2.14. The monoisotopic (exact) mass is 420 g/mol. The van der Waals surface area contributed by atoms with E-state index >= 15 is 0 Å². The SMILES string of the molecule is Cc1ccc(-c2ccc(C(=O)Oc3ccc(C4CCC(C)CC4)c(F)c3F)cc2)cc1. The number of carbonyl (C=O) groups excluding carboxylic acids is 1. The molecule has 0 bridgehead atoms. The second-order valence-electron chi connectivity index (χ2n) is 8.57. The van der Waals surface area contributed by atoms with E-state index in [0.29, 0.717) is 11.5 Å². The fraction of sp³-hybridized carbons (Fsp3) is 0.296. The summed E-state index contributed by atoms with van der Waals surface area (Å²) in [4.78, 5) is 12.5. The van der Waals surface area contributed by atoms with Gasteiger partial charge in [-0.05, 0) is 66.5 Å². The molecule has 1 aliphatic rings. The first-order chi connectivity index (χ1) is 14.9. The Balaban J connectivity index is 1.48. The van der Waals surface area contributed by atoms with Crippen LogP contribution in [0.4, 0.5) is 8.78 Å². The zero-order valence-corrected chi connectivity index (χ0v) is 17.8. The first kappa shape index (κ1) is 21.2. The number of hydrogen-bond donors (Lipinski definition) is 0. The first-order valence-electron chi connectivity index (χ1n) is 10.8. The van der Waals surface area contributed by atoms with Crippen LogP contribution in [0.2, 0.25) is 0 Å². The van der Waals surface area contributed by atoms with Crippen molar-refractivity contribution in [1.29, 1.82) is 0 Å². The average Bonchev–Trinajstić information content (AvgIpc) is 2.78. The molecule has 160 valence electrons. The molecule has 0 aromatic heterocycles. The van der Waals surface area contributed by atoms with E-state index in [1.165, 1.54) is 11.6 Å². The minimum Gasteiger partial charge on any atom is -0.420 e. The number of aryl methyl sites for hydroxylation is 1. The van der Waals surface area contributed by atoms with E-state index in [9.17, 15) is 13.6 Å². The van der Waals surface area contributed by atoms with Crippen molar-refractivity contribution in [3.8, 4) is 16.9 Å². The van der Waals surface area contributed by atoms with Gasteiger partial charge in [0.2, 0.25) is 5.82 Å². The van der Waals surface area contributed by atoms with Crippen molar-refractivity contribution >= 4 is 5.97 Å². The van der Waals surface area contributed by atoms with Crippen LogP contribution in [0, 0.1) is 24.5 Å². The highest BCUT2D eigenvalue weighted by molar-refractivity contribution is 5.91. The third-order valence-electron chi connectivity index (χ3n) is 6.24. The molecule has 0 amide bonds. The highest BCUT2D eigenvalue weighted by Crippen LogP contribution is 2.38. The largest absolute Gasteiger partial charge is 0.420 e. The minimum absolute atomic E-state index is 0.0183. The van der Waals surface area contributed by atoms with Gasteiger partial charge < -0.3 is 4.74 Å². The maximum atomic E-state index is 14.7. The van der Waals surface area contributed by atoms with Crippen molar-refractivity contribution in [2.75, 3.05) is 0 Å². The zero-order valence-electron chi connectivity index (χ0n) is 17.8. The van der Waals surface area contributed by atoms with Gasteiger partial charge in [0, 0.05) is 0 Å². The molecule has 0 saturated heterocycles. The van der Waals surface area contributed by atoms with Gasteiger partial charge in [-0.2, -0.15) is 4.39 Å². The molecule has 3 aromatic carbocycles. The molecule has 31 heavy (non-hydrogen) atoms. The molecule has 0 heterocycles. The summed E-state index contributed by atoms with van der Waals surface area (Å²) >= 11 is 0. The Hall–Kier alpha value is -3.01. The maximum absolute atomic E-state index is 14.7. The minimum atomic E-state index is -1.10. The van der Waals surface area contributed by atoms with Crippen LogP contribution < -0.4 is 4.74 Å². The molecule has 1 aliphatic carbocycles. The molecule has 2 nitrogen and oxygen atoms in total. The molecule has 4 rings (SSSR count). The van der Waals surface area contributed by atoms with Gasteiger partial charge in [0.15, 0.2) is 11.6 Å². The Bertz CT molecular complexity index is 1060. The van der Waals surface area contributed by atoms with Crippen LogP contribution in [0.15, 0.2) is 60.7 Å². The Morgan fingerprint density at radius 2 is 1.39 bits per heavy atom. The van der Waals surface area contributed by atoms with Crippen molar-refractivity contribution in [3.05, 3.63) is 89.0 Å². The van der Waals surface area contributed by atoms with Crippen molar-refractivity contribution in [2.24, 2.45) is 5.92 Å². The van der Waals surface area contributed by atoms with E-state index in [0.717, 1.165) is 36.8 Å². The van der Waals surface area contributed by atoms with Crippen molar-refractivity contribution < 1.29 is 18.3 Å². The molecule has 0 radical (unpaired) electrons. The van der Waals surface area contributed by atoms with Crippen LogP contribution in [-0.2, 0) is 0 Å². The van der Waals surface area contributed by atoms with Crippen LogP contribution in [0.1, 0.15) is 60.0 Å². The van der Waals surface area contributed by atoms with Crippen molar-refractivity contribution in [2.45, 2.75) is 45.4 Å². The molecular weight excluding hydrogens is 394 g/mol. The number of hydrogen-bond acceptors (Lipinski definition) is 2. The molecule has 0 atom stereocenters. The fourth-order valence-corrected chi connectivity index (χ4v) is 4.22. The molecule has 0 unspecified atom stereocenters. The molecule has 1 saturated carbocycles. The standard InChI is InChI=1S/C27H26F2O2/c1-17-3-7-19(8-4-17)20-11-13-22(14-12-20)27(30)31-24-16-15-23(25(28)26(24)29)21-9-5-18(2)6-10-21/h3-4,7-8,11-16,18,21H,5-6,9-10H2,1-2H3. The predicted molar refractivity (Wildman–Crippen MR) is 118 cm³/mol. The average molecular weight is 420 g/mol. The van der Waals surface area contributed by atoms with Crippen LogP contribution in [0.5, 0.6) is 5.75 Å². The summed E-state index contributed by atoms with van der Waals surface area (Å²) in [5.41, 5.74) is 3.82. The normalized spacial score (nSPS) is 18.6. The Morgan fingerprint density at radius 3 is 2.00 bits per heavy atom. The summed E-state index contributed by atoms with van der Waals surface area (Å²) in [6.07, 6.45) is 3.73. The van der Waals surface area contributed by atoms with Gasteiger partial charge in [-0.3, -0.25) is 0 Å². The summed E-state index contributed by atoms with van der Waals surface area (Å²) in [5.74, 6) is -2.45. The quantitative estimate of drug-likeness (QED) is 0.324. The third kappa shape index (κ3) is 4.68. The smallest absolute Gasteiger partial charge is 0.343 e. The van der Waals surface area contributed by atoms with E-state index in [2.05, 4.69) is 6.92 Å². The Morgan fingerprint density at radius 1 is 0.806 bits per heavy atom. The van der Waals surface area contributed by atoms with Gasteiger partial charge in [-0.15, -0.1) is 0 Å². The maximum Gasteiger partial charge on any atom is 0.343 e. The van der Waals surface area contributed by atoms with Crippen molar-refractivity contribution in [1.82, 2.24) is 0 Å². The topological polar surface area (TPSA) is 26.3 Å². The lowest BCUT2D eigenvalue weighted by molar-refractivity contribution is 0.0726. The van der Waals surface area contributed by atoms with Gasteiger partial charge in [-0.1, -0.05) is 67.8 Å². The summed E-state index contributed by atoms with van der Waals surface area (Å²) in [5, 5.41) is 0. The Kier molecular flexibility index (Phi) is 6.17. The van der Waals surface area contributed by atoms with Gasteiger partial charge in [0.25, 0.3) is 0 Å². The molecule has 3 aromatic rings. The lowest BCUT2D eigenvalue weighted by atomic mass is 9.79. The van der Waals surface area contributed by atoms with Crippen LogP contribution in [0.25, 0.3) is 11.1 Å². The van der Waals surface area contributed by atoms with Gasteiger partial charge in [-0.25, -0.2) is 9.18 Å². The first-order valence-corrected chi connectivity index (χ1v) is 10.8. The Labute approximate surface area is 181 Å². The summed E-state index contributed by atoms with van der Waals surface area (Å²) in [6.45, 7) is 4.20. The highest BCUT2D eigenvalue weighted by atomic mass is 19.2. The summed E-state index contributed by atoms with van der Waals surface area (Å²) in [6, 6.07) is 17.9. The van der Waals surface area contributed by atoms with E-state index in [1.54, 1.807) is 18.2 Å². The molecule has 0 N–H and O–H groups in total. The fourth-order valence-electron chi connectivity index (χ4n) is 4.22. The van der Waals surface area contributed by atoms with Crippen LogP contribution in [0.3, 0.4) is 0 Å². The number of rotatable bonds is 4. The second kappa shape index (κ2) is 9.01. The third-order valence-corrected chi connectivity index (χ3v) is 6.24. The summed E-state index contributed by atoms with van der Waals surface area (Å²) in [7, 11) is 0. The van der Waals surface area contributed by atoms with Gasteiger partial charge in [0.1, 0.15) is 0 Å². The van der Waals surface area contributed by atoms with Crippen LogP contribution in [-0.4, -0.2) is 5.97 Å². The summed E-state index contributed by atoms with van der Waals surface area (Å²) < 4.78 is 34.5. The zero-order chi connectivity index (χ0) is 22.0. The molecule has 0 spiro atoms. The number of carbonyl (C=O) groups is 1. The number of halogens is 2. The molecule has 4 heteroatoms. The number of esters is 1. The lowest BCUT2D eigenvalue weighted by Gasteiger charge is -2.27. The van der Waals surface area contributed by atoms with Gasteiger partial charge in [0.05, 0.1) is 5.56 Å². The predicted octanol–water partition coefficient (Wildman–Crippen LogP) is 7.45. The van der Waals surface area contributed by atoms with E-state index in [4.69, 9.17) is 4.74 Å². The second-order valence-corrected chi connectivity index (χ2v) is 8.57. The number of ether oxygens (including phenoxy) is 1. The number of benzene rings is 3. The van der Waals surface area contributed by atoms with Crippen molar-refractivity contribution in [3.63, 3.8) is 0 Å². The highest BCUT2D eigenvalue weighted by Gasteiger charge is 2.26. The van der Waals surface area contributed by atoms with E-state index in [1.807, 2.05) is 43.3 Å². The van der Waals surface area contributed by atoms with E-state index < -0.39 is 17.6 Å². The molecular formula is C27H26F2O2. The van der Waals surface area contributed by atoms with E-state index in [-0.39, 0.29) is 17.2 Å². The molecule has 1 fully saturated rings. The van der Waals surface area contributed by atoms with Gasteiger partial charge >= 0.3 is 5.97 Å². The van der Waals surface area contributed by atoms with Crippen LogP contribution >= 0.6 is 0 Å².